The Morgan fingerprint density at radius 2 is 1.47 bits per heavy atom. The molecule has 0 heterocycles. The van der Waals surface area contributed by atoms with Gasteiger partial charge in [0.25, 0.3) is 0 Å². The van der Waals surface area contributed by atoms with Gasteiger partial charge in [-0.05, 0) is 45.3 Å². The molecule has 0 amide bonds. The highest BCUT2D eigenvalue weighted by Crippen LogP contribution is 2.24. The molecule has 0 rings (SSSR count). The molecule has 116 valence electrons. The van der Waals surface area contributed by atoms with E-state index in [2.05, 4.69) is 0 Å². The second-order valence-corrected chi connectivity index (χ2v) is 16.9. The number of hydrogen-bond donors (Lipinski definition) is 0. The number of alkyl halides is 3. The minimum Gasteiger partial charge on any atom is -0.441 e. The second-order valence-electron chi connectivity index (χ2n) is 5.45. The van der Waals surface area contributed by atoms with E-state index < -0.39 is 48.5 Å². The van der Waals surface area contributed by atoms with E-state index in [4.69, 9.17) is 12.3 Å². The third-order valence-corrected chi connectivity index (χ3v) is 13.7. The average Bonchev–Trinajstić information content (AvgIpc) is 2.08. The van der Waals surface area contributed by atoms with E-state index in [1.54, 1.807) is 0 Å². The van der Waals surface area contributed by atoms with Crippen LogP contribution in [0.15, 0.2) is 0 Å². The van der Waals surface area contributed by atoms with Gasteiger partial charge in [0, 0.05) is 6.42 Å². The predicted octanol–water partition coefficient (Wildman–Crippen LogP) is 2.88. The van der Waals surface area contributed by atoms with E-state index in [1.165, 1.54) is 0 Å². The Kier molecular flexibility index (Phi) is 8.32. The zero-order valence-electron chi connectivity index (χ0n) is 12.5. The van der Waals surface area contributed by atoms with Gasteiger partial charge in [0.05, 0.1) is 0 Å². The molecule has 0 bridgehead atoms. The number of rotatable bonds is 8. The van der Waals surface area contributed by atoms with Crippen LogP contribution >= 0.6 is 0 Å². The number of halogens is 3. The van der Waals surface area contributed by atoms with Crippen LogP contribution in [-0.4, -0.2) is 42.1 Å². The maximum atomic E-state index is 12.3. The molecule has 3 nitrogen and oxygen atoms in total. The first-order chi connectivity index (χ1) is 8.41. The van der Waals surface area contributed by atoms with Gasteiger partial charge in [-0.1, -0.05) is 0 Å². The van der Waals surface area contributed by atoms with Crippen LogP contribution in [0.1, 0.15) is 6.42 Å². The lowest BCUT2D eigenvalue weighted by Crippen LogP contribution is -2.46. The van der Waals surface area contributed by atoms with E-state index in [0.29, 0.717) is 0 Å². The second kappa shape index (κ2) is 8.10. The highest BCUT2D eigenvalue weighted by Gasteiger charge is 2.35. The lowest BCUT2D eigenvalue weighted by atomic mass is 10.5. The summed E-state index contributed by atoms with van der Waals surface area (Å²) in [5.41, 5.74) is 0. The lowest BCUT2D eigenvalue weighted by molar-refractivity contribution is -0.131. The Labute approximate surface area is 120 Å². The largest absolute Gasteiger partial charge is 0.441 e. The molecule has 19 heavy (non-hydrogen) atoms. The van der Waals surface area contributed by atoms with Crippen LogP contribution in [0.4, 0.5) is 13.2 Å². The molecule has 1 atom stereocenters. The monoisotopic (exact) mass is 350 g/mol. The van der Waals surface area contributed by atoms with Crippen molar-refractivity contribution < 1.29 is 25.5 Å². The molecule has 0 aliphatic heterocycles. The summed E-state index contributed by atoms with van der Waals surface area (Å²) in [6, 6.07) is -0.0197. The van der Waals surface area contributed by atoms with Crippen LogP contribution in [0.2, 0.25) is 45.3 Å². The van der Waals surface area contributed by atoms with Crippen molar-refractivity contribution in [1.82, 2.24) is 0 Å². The van der Waals surface area contributed by atoms with Crippen LogP contribution in [0, 0.1) is 0 Å². The molecule has 0 aromatic carbocycles. The maximum absolute atomic E-state index is 12.3. The fourth-order valence-corrected chi connectivity index (χ4v) is 14.2. The van der Waals surface area contributed by atoms with Gasteiger partial charge in [0.2, 0.25) is 0 Å². The first kappa shape index (κ1) is 19.5. The third-order valence-electron chi connectivity index (χ3n) is 2.02. The molecular formula is C9H25F3O3Si4. The molecule has 0 spiro atoms. The molecule has 0 aromatic heterocycles. The van der Waals surface area contributed by atoms with Crippen molar-refractivity contribution in [3.05, 3.63) is 0 Å². The first-order valence-corrected chi connectivity index (χ1v) is 16.6. The fraction of sp³-hybridized carbons (Fsp3) is 1.00. The van der Waals surface area contributed by atoms with E-state index in [-0.39, 0.29) is 6.04 Å². The van der Waals surface area contributed by atoms with Crippen molar-refractivity contribution in [3.8, 4) is 0 Å². The van der Waals surface area contributed by atoms with Crippen molar-refractivity contribution in [2.24, 2.45) is 0 Å². The Balaban J connectivity index is 4.49. The molecule has 0 fully saturated rings. The van der Waals surface area contributed by atoms with Crippen molar-refractivity contribution in [2.75, 3.05) is 0 Å². The predicted molar refractivity (Wildman–Crippen MR) is 81.1 cm³/mol. The lowest BCUT2D eigenvalue weighted by Gasteiger charge is -2.31. The summed E-state index contributed by atoms with van der Waals surface area (Å²) in [5, 5.41) is 0. The van der Waals surface area contributed by atoms with E-state index in [0.717, 1.165) is 0 Å². The summed E-state index contributed by atoms with van der Waals surface area (Å²) in [7, 11) is -7.26. The quantitative estimate of drug-likeness (QED) is 0.630. The molecular weight excluding hydrogens is 325 g/mol. The summed E-state index contributed by atoms with van der Waals surface area (Å²) in [4.78, 5) is 0. The normalized spacial score (nSPS) is 15.3. The molecule has 0 aliphatic carbocycles. The fourth-order valence-electron chi connectivity index (χ4n) is 1.65. The molecule has 0 N–H and O–H groups in total. The van der Waals surface area contributed by atoms with Gasteiger partial charge in [-0.15, -0.1) is 0 Å². The van der Waals surface area contributed by atoms with Gasteiger partial charge in [0.15, 0.2) is 18.1 Å². The van der Waals surface area contributed by atoms with Gasteiger partial charge in [-0.25, -0.2) is 0 Å². The SMILES string of the molecule is C[SiH](C)O[SiH](CCC(F)(F)F)O[Si](C)(C)O[SiH](C)C. The molecule has 0 aromatic rings. The summed E-state index contributed by atoms with van der Waals surface area (Å²) in [5.74, 6) is 0. The summed E-state index contributed by atoms with van der Waals surface area (Å²) >= 11 is 0. The summed E-state index contributed by atoms with van der Waals surface area (Å²) < 4.78 is 54.3. The van der Waals surface area contributed by atoms with Crippen molar-refractivity contribution in [2.45, 2.75) is 57.9 Å². The van der Waals surface area contributed by atoms with E-state index in [1.807, 2.05) is 39.3 Å². The van der Waals surface area contributed by atoms with Gasteiger partial charge in [-0.2, -0.15) is 13.2 Å². The zero-order chi connectivity index (χ0) is 15.3. The molecule has 0 saturated heterocycles. The zero-order valence-corrected chi connectivity index (χ0v) is 17.0. The topological polar surface area (TPSA) is 27.7 Å². The molecule has 0 saturated carbocycles. The maximum Gasteiger partial charge on any atom is 0.389 e. The minimum absolute atomic E-state index is 0.0197. The van der Waals surface area contributed by atoms with Crippen LogP contribution in [0.25, 0.3) is 0 Å². The summed E-state index contributed by atoms with van der Waals surface area (Å²) in [6.07, 6.45) is -4.97. The Hall–Kier alpha value is 0.538. The number of hydrogen-bond acceptors (Lipinski definition) is 3. The minimum atomic E-state index is -4.14. The van der Waals surface area contributed by atoms with E-state index >= 15 is 0 Å². The van der Waals surface area contributed by atoms with E-state index in [9.17, 15) is 13.2 Å². The molecule has 0 radical (unpaired) electrons. The highest BCUT2D eigenvalue weighted by molar-refractivity contribution is 6.78. The Bertz CT molecular complexity index is 262. The highest BCUT2D eigenvalue weighted by atomic mass is 28.5. The molecule has 10 heteroatoms. The van der Waals surface area contributed by atoms with Gasteiger partial charge >= 0.3 is 24.0 Å². The van der Waals surface area contributed by atoms with Crippen LogP contribution in [-0.2, 0) is 12.3 Å². The standard InChI is InChI=1S/C9H25F3O3Si4/c1-16(2)13-18(8-7-9(10,11)12)15-19(5,6)14-17(3)4/h16-18H,7-8H2,1-6H3. The Morgan fingerprint density at radius 3 is 1.84 bits per heavy atom. The smallest absolute Gasteiger partial charge is 0.389 e. The van der Waals surface area contributed by atoms with Crippen molar-refractivity contribution >= 4 is 35.9 Å². The van der Waals surface area contributed by atoms with Crippen molar-refractivity contribution in [3.63, 3.8) is 0 Å². The van der Waals surface area contributed by atoms with Gasteiger partial charge < -0.3 is 12.3 Å². The average molecular weight is 351 g/mol. The summed E-state index contributed by atoms with van der Waals surface area (Å²) in [6.45, 7) is 11.7. The van der Waals surface area contributed by atoms with Crippen LogP contribution in [0.3, 0.4) is 0 Å². The first-order valence-electron chi connectivity index (χ1n) is 6.49. The van der Waals surface area contributed by atoms with Gasteiger partial charge in [0.1, 0.15) is 0 Å². The molecule has 0 aliphatic rings. The van der Waals surface area contributed by atoms with Crippen LogP contribution in [0.5, 0.6) is 0 Å². The Morgan fingerprint density at radius 1 is 0.947 bits per heavy atom. The third kappa shape index (κ3) is 12.0. The van der Waals surface area contributed by atoms with Crippen molar-refractivity contribution in [1.29, 1.82) is 0 Å². The van der Waals surface area contributed by atoms with Gasteiger partial charge in [-0.3, -0.25) is 0 Å². The molecule has 1 unspecified atom stereocenters. The van der Waals surface area contributed by atoms with Crippen LogP contribution < -0.4 is 0 Å².